The lowest BCUT2D eigenvalue weighted by Crippen LogP contribution is -2.02. The molecule has 0 amide bonds. The van der Waals surface area contributed by atoms with E-state index in [4.69, 9.17) is 4.42 Å². The van der Waals surface area contributed by atoms with Crippen molar-refractivity contribution in [2.45, 2.75) is 0 Å². The van der Waals surface area contributed by atoms with Crippen LogP contribution in [0.1, 0.15) is 10.4 Å². The molecule has 0 atom stereocenters. The minimum absolute atomic E-state index is 0.138. The maximum absolute atomic E-state index is 11.5. The summed E-state index contributed by atoms with van der Waals surface area (Å²) < 4.78 is 6.39. The maximum Gasteiger partial charge on any atom is 0.362 e. The first-order chi connectivity index (χ1) is 8.59. The summed E-state index contributed by atoms with van der Waals surface area (Å²) in [6, 6.07) is 1.55. The van der Waals surface area contributed by atoms with E-state index in [9.17, 15) is 14.7 Å². The van der Waals surface area contributed by atoms with Gasteiger partial charge in [-0.05, 0) is 6.07 Å². The van der Waals surface area contributed by atoms with Crippen molar-refractivity contribution in [3.8, 4) is 0 Å². The molecular weight excluding hydrogens is 236 g/mol. The lowest BCUT2D eigenvalue weighted by Gasteiger charge is -1.99. The second kappa shape index (κ2) is 3.43. The predicted octanol–water partition coefficient (Wildman–Crippen LogP) is 1.38. The first-order valence-corrected chi connectivity index (χ1v) is 5.18. The van der Waals surface area contributed by atoms with Crippen LogP contribution in [0, 0.1) is 0 Å². The number of aryl methyl sites for hydroxylation is 1. The van der Waals surface area contributed by atoms with E-state index in [0.29, 0.717) is 16.3 Å². The van der Waals surface area contributed by atoms with E-state index in [1.165, 1.54) is 18.7 Å². The molecule has 18 heavy (non-hydrogen) atoms. The lowest BCUT2D eigenvalue weighted by atomic mass is 10.1. The van der Waals surface area contributed by atoms with E-state index in [2.05, 4.69) is 4.98 Å². The van der Waals surface area contributed by atoms with Gasteiger partial charge >= 0.3 is 11.6 Å². The highest BCUT2D eigenvalue weighted by atomic mass is 16.4. The molecule has 0 saturated carbocycles. The zero-order valence-electron chi connectivity index (χ0n) is 9.38. The molecule has 6 nitrogen and oxygen atoms in total. The van der Waals surface area contributed by atoms with Crippen LogP contribution >= 0.6 is 0 Å². The van der Waals surface area contributed by atoms with Gasteiger partial charge in [-0.1, -0.05) is 0 Å². The van der Waals surface area contributed by atoms with Crippen LogP contribution in [-0.4, -0.2) is 20.6 Å². The summed E-state index contributed by atoms with van der Waals surface area (Å²) in [6.07, 6.45) is 4.22. The number of rotatable bonds is 1. The van der Waals surface area contributed by atoms with E-state index >= 15 is 0 Å². The van der Waals surface area contributed by atoms with E-state index < -0.39 is 11.6 Å². The van der Waals surface area contributed by atoms with Gasteiger partial charge in [0, 0.05) is 24.0 Å². The van der Waals surface area contributed by atoms with Crippen LogP contribution in [0.15, 0.2) is 33.9 Å². The van der Waals surface area contributed by atoms with Gasteiger partial charge in [0.05, 0.1) is 23.5 Å². The molecule has 0 aliphatic rings. The van der Waals surface area contributed by atoms with Gasteiger partial charge in [-0.15, -0.1) is 0 Å². The smallest absolute Gasteiger partial charge is 0.362 e. The van der Waals surface area contributed by atoms with E-state index in [-0.39, 0.29) is 11.1 Å². The molecule has 1 N–H and O–H groups in total. The number of hydrogen-bond donors (Lipinski definition) is 1. The van der Waals surface area contributed by atoms with Crippen molar-refractivity contribution in [1.29, 1.82) is 0 Å². The normalized spacial score (nSPS) is 11.2. The maximum atomic E-state index is 11.5. The molecule has 0 radical (unpaired) electrons. The summed E-state index contributed by atoms with van der Waals surface area (Å²) in [5.74, 6) is -1.04. The highest BCUT2D eigenvalue weighted by Crippen LogP contribution is 2.26. The summed E-state index contributed by atoms with van der Waals surface area (Å²) in [5, 5.41) is 10.2. The fourth-order valence-corrected chi connectivity index (χ4v) is 2.10. The molecule has 0 fully saturated rings. The van der Waals surface area contributed by atoms with Gasteiger partial charge in [0.1, 0.15) is 0 Å². The number of nitrogens with zero attached hydrogens (tertiary/aromatic N) is 2. The first kappa shape index (κ1) is 10.5. The number of pyridine rings is 1. The molecule has 3 aromatic rings. The Balaban J connectivity index is 2.65. The zero-order valence-corrected chi connectivity index (χ0v) is 9.38. The second-order valence-corrected chi connectivity index (χ2v) is 3.95. The molecule has 0 saturated heterocycles. The van der Waals surface area contributed by atoms with Gasteiger partial charge < -0.3 is 14.1 Å². The largest absolute Gasteiger partial charge is 0.478 e. The molecule has 6 heteroatoms. The van der Waals surface area contributed by atoms with Gasteiger partial charge in [0.2, 0.25) is 0 Å². The number of aromatic nitrogens is 2. The van der Waals surface area contributed by atoms with Gasteiger partial charge in [0.25, 0.3) is 0 Å². The summed E-state index contributed by atoms with van der Waals surface area (Å²) in [6.45, 7) is 0. The molecule has 0 bridgehead atoms. The SMILES string of the molecule is Cn1cc(C(=O)O)c2c3ccoc(=O)c3ncc21. The summed E-state index contributed by atoms with van der Waals surface area (Å²) >= 11 is 0. The van der Waals surface area contributed by atoms with Crippen LogP contribution in [0.2, 0.25) is 0 Å². The van der Waals surface area contributed by atoms with E-state index in [1.807, 2.05) is 0 Å². The van der Waals surface area contributed by atoms with Gasteiger partial charge in [-0.3, -0.25) is 0 Å². The zero-order chi connectivity index (χ0) is 12.9. The van der Waals surface area contributed by atoms with Gasteiger partial charge in [0.15, 0.2) is 5.52 Å². The second-order valence-electron chi connectivity index (χ2n) is 3.95. The van der Waals surface area contributed by atoms with Gasteiger partial charge in [-0.25, -0.2) is 14.6 Å². The molecule has 0 aliphatic carbocycles. The number of hydrogen-bond acceptors (Lipinski definition) is 4. The van der Waals surface area contributed by atoms with Crippen molar-refractivity contribution >= 4 is 27.8 Å². The summed E-state index contributed by atoms with van der Waals surface area (Å²) in [7, 11) is 1.73. The number of carboxylic acids is 1. The van der Waals surface area contributed by atoms with Crippen LogP contribution in [0.25, 0.3) is 21.8 Å². The van der Waals surface area contributed by atoms with Crippen LogP contribution in [0.4, 0.5) is 0 Å². The molecule has 3 heterocycles. The first-order valence-electron chi connectivity index (χ1n) is 5.18. The monoisotopic (exact) mass is 244 g/mol. The Morgan fingerprint density at radius 2 is 2.28 bits per heavy atom. The topological polar surface area (TPSA) is 85.3 Å². The molecular formula is C12H8N2O4. The fraction of sp³-hybridized carbons (Fsp3) is 0.0833. The van der Waals surface area contributed by atoms with Crippen LogP contribution < -0.4 is 5.63 Å². The average molecular weight is 244 g/mol. The van der Waals surface area contributed by atoms with Gasteiger partial charge in [-0.2, -0.15) is 0 Å². The van der Waals surface area contributed by atoms with Crippen LogP contribution in [-0.2, 0) is 7.05 Å². The molecule has 90 valence electrons. The Kier molecular flexibility index (Phi) is 2.00. The molecule has 0 aliphatic heterocycles. The summed E-state index contributed by atoms with van der Waals surface area (Å²) in [5.41, 5.74) is 0.365. The highest BCUT2D eigenvalue weighted by molar-refractivity contribution is 6.14. The Morgan fingerprint density at radius 1 is 1.50 bits per heavy atom. The summed E-state index contributed by atoms with van der Waals surface area (Å²) in [4.78, 5) is 26.8. The Bertz CT molecular complexity index is 844. The quantitative estimate of drug-likeness (QED) is 0.698. The van der Waals surface area contributed by atoms with Crippen molar-refractivity contribution in [3.05, 3.63) is 40.7 Å². The van der Waals surface area contributed by atoms with E-state index in [1.54, 1.807) is 17.7 Å². The molecule has 0 spiro atoms. The third kappa shape index (κ3) is 1.26. The fourth-order valence-electron chi connectivity index (χ4n) is 2.10. The van der Waals surface area contributed by atoms with Crippen LogP contribution in [0.5, 0.6) is 0 Å². The molecule has 0 aromatic carbocycles. The van der Waals surface area contributed by atoms with Crippen molar-refractivity contribution in [2.24, 2.45) is 7.05 Å². The van der Waals surface area contributed by atoms with Crippen molar-refractivity contribution in [2.75, 3.05) is 0 Å². The van der Waals surface area contributed by atoms with Crippen LogP contribution in [0.3, 0.4) is 0 Å². The minimum Gasteiger partial charge on any atom is -0.478 e. The van der Waals surface area contributed by atoms with Crippen molar-refractivity contribution in [1.82, 2.24) is 9.55 Å². The predicted molar refractivity (Wildman–Crippen MR) is 63.7 cm³/mol. The molecule has 3 aromatic heterocycles. The number of carboxylic acid groups (broad SMARTS) is 1. The molecule has 0 unspecified atom stereocenters. The third-order valence-electron chi connectivity index (χ3n) is 2.90. The Labute approximate surface area is 100 Å². The third-order valence-corrected chi connectivity index (χ3v) is 2.90. The Morgan fingerprint density at radius 3 is 3.00 bits per heavy atom. The average Bonchev–Trinajstić information content (AvgIpc) is 2.68. The molecule has 3 rings (SSSR count). The Hall–Kier alpha value is -2.63. The minimum atomic E-state index is -1.04. The van der Waals surface area contributed by atoms with Crippen molar-refractivity contribution < 1.29 is 14.3 Å². The van der Waals surface area contributed by atoms with Crippen molar-refractivity contribution in [3.63, 3.8) is 0 Å². The lowest BCUT2D eigenvalue weighted by molar-refractivity contribution is 0.0699. The number of fused-ring (bicyclic) bond motifs is 3. The number of carbonyl (C=O) groups is 1. The number of aromatic carboxylic acids is 1. The highest BCUT2D eigenvalue weighted by Gasteiger charge is 2.17. The standard InChI is InChI=1S/C12H8N2O4/c1-14-5-7(11(15)16)9-6-2-3-18-12(17)10(6)13-4-8(9)14/h2-5H,1H3,(H,15,16). The van der Waals surface area contributed by atoms with E-state index in [0.717, 1.165) is 0 Å².